The Labute approximate surface area is 93.3 Å². The number of carbonyl (C=O) groups is 1. The topological polar surface area (TPSA) is 67.8 Å². The lowest BCUT2D eigenvalue weighted by Gasteiger charge is -2.05. The number of ether oxygens (including phenoxy) is 2. The van der Waals surface area contributed by atoms with E-state index in [4.69, 9.17) is 14.7 Å². The van der Waals surface area contributed by atoms with Crippen LogP contribution in [0.4, 0.5) is 0 Å². The number of hydrogen-bond acceptors (Lipinski definition) is 4. The summed E-state index contributed by atoms with van der Waals surface area (Å²) in [6, 6.07) is 5.21. The van der Waals surface area contributed by atoms with Crippen molar-refractivity contribution >= 4 is 12.0 Å². The molecule has 0 bridgehead atoms. The highest BCUT2D eigenvalue weighted by Gasteiger charge is 1.99. The Bertz CT molecular complexity index is 379. The number of methoxy groups -OCH3 is 2. The first-order valence-electron chi connectivity index (χ1n) is 4.55. The molecule has 0 spiro atoms. The molecule has 0 heterocycles. The average molecular weight is 223 g/mol. The summed E-state index contributed by atoms with van der Waals surface area (Å²) in [4.78, 5) is 10.8. The Morgan fingerprint density at radius 3 is 2.25 bits per heavy atom. The Morgan fingerprint density at radius 1 is 1.25 bits per heavy atom. The lowest BCUT2D eigenvalue weighted by Crippen LogP contribution is -2.14. The second-order valence-corrected chi connectivity index (χ2v) is 2.96. The lowest BCUT2D eigenvalue weighted by molar-refractivity contribution is -0.124. The largest absolute Gasteiger partial charge is 0.497 e. The van der Waals surface area contributed by atoms with Crippen LogP contribution in [0.2, 0.25) is 0 Å². The fourth-order valence-electron chi connectivity index (χ4n) is 1.13. The molecule has 5 nitrogen and oxygen atoms in total. The zero-order valence-electron chi connectivity index (χ0n) is 9.06. The van der Waals surface area contributed by atoms with Crippen molar-refractivity contribution in [2.75, 3.05) is 14.2 Å². The van der Waals surface area contributed by atoms with Crippen molar-refractivity contribution in [3.63, 3.8) is 0 Å². The maximum absolute atomic E-state index is 10.8. The van der Waals surface area contributed by atoms with Crippen molar-refractivity contribution in [3.05, 3.63) is 29.8 Å². The molecule has 0 fully saturated rings. The van der Waals surface area contributed by atoms with Gasteiger partial charge in [-0.2, -0.15) is 0 Å². The van der Waals surface area contributed by atoms with E-state index in [1.54, 1.807) is 32.4 Å². The van der Waals surface area contributed by atoms with Crippen LogP contribution in [-0.2, 0) is 4.79 Å². The summed E-state index contributed by atoms with van der Waals surface area (Å²) in [5, 5.41) is 8.31. The van der Waals surface area contributed by atoms with Crippen LogP contribution in [0, 0.1) is 0 Å². The monoisotopic (exact) mass is 223 g/mol. The van der Waals surface area contributed by atoms with Gasteiger partial charge in [0.2, 0.25) is 0 Å². The maximum Gasteiger partial charge on any atom is 0.267 e. The molecule has 1 amide bonds. The number of hydrogen-bond donors (Lipinski definition) is 2. The normalized spacial score (nSPS) is 10.2. The van der Waals surface area contributed by atoms with Gasteiger partial charge in [-0.3, -0.25) is 10.0 Å². The minimum absolute atomic E-state index is 0.596. The van der Waals surface area contributed by atoms with E-state index in [9.17, 15) is 4.79 Å². The van der Waals surface area contributed by atoms with Crippen molar-refractivity contribution in [1.82, 2.24) is 5.48 Å². The van der Waals surface area contributed by atoms with Crippen molar-refractivity contribution in [2.24, 2.45) is 0 Å². The Morgan fingerprint density at radius 2 is 1.81 bits per heavy atom. The molecular weight excluding hydrogens is 210 g/mol. The molecule has 86 valence electrons. The van der Waals surface area contributed by atoms with Gasteiger partial charge in [-0.05, 0) is 23.8 Å². The van der Waals surface area contributed by atoms with E-state index in [0.29, 0.717) is 11.5 Å². The Balaban J connectivity index is 2.95. The smallest absolute Gasteiger partial charge is 0.267 e. The summed E-state index contributed by atoms with van der Waals surface area (Å²) in [6.45, 7) is 0. The molecule has 5 heteroatoms. The first-order valence-corrected chi connectivity index (χ1v) is 4.55. The standard InChI is InChI=1S/C11H13NO4/c1-15-9-5-8(3-4-11(13)12-14)6-10(7-9)16-2/h3-7,14H,1-2H3,(H,12,13). The van der Waals surface area contributed by atoms with Crippen LogP contribution < -0.4 is 15.0 Å². The van der Waals surface area contributed by atoms with Crippen LogP contribution in [0.25, 0.3) is 6.08 Å². The molecule has 0 saturated carbocycles. The van der Waals surface area contributed by atoms with Gasteiger partial charge in [0.05, 0.1) is 14.2 Å². The van der Waals surface area contributed by atoms with Crippen molar-refractivity contribution in [2.45, 2.75) is 0 Å². The minimum Gasteiger partial charge on any atom is -0.497 e. The number of nitrogens with one attached hydrogen (secondary N) is 1. The van der Waals surface area contributed by atoms with E-state index in [-0.39, 0.29) is 0 Å². The molecule has 1 rings (SSSR count). The second kappa shape index (κ2) is 5.77. The third-order valence-electron chi connectivity index (χ3n) is 1.91. The van der Waals surface area contributed by atoms with Crippen LogP contribution in [0.1, 0.15) is 5.56 Å². The van der Waals surface area contributed by atoms with E-state index in [0.717, 1.165) is 5.56 Å². The summed E-state index contributed by atoms with van der Waals surface area (Å²) in [5.74, 6) is 0.661. The first kappa shape index (κ1) is 12.1. The number of amides is 1. The highest BCUT2D eigenvalue weighted by Crippen LogP contribution is 2.23. The van der Waals surface area contributed by atoms with Gasteiger partial charge in [0.15, 0.2) is 0 Å². The molecule has 0 radical (unpaired) electrons. The van der Waals surface area contributed by atoms with E-state index in [2.05, 4.69) is 0 Å². The van der Waals surface area contributed by atoms with E-state index >= 15 is 0 Å². The predicted molar refractivity (Wildman–Crippen MR) is 58.5 cm³/mol. The summed E-state index contributed by atoms with van der Waals surface area (Å²) in [7, 11) is 3.09. The summed E-state index contributed by atoms with van der Waals surface area (Å²) < 4.78 is 10.1. The van der Waals surface area contributed by atoms with Crippen LogP contribution in [0.15, 0.2) is 24.3 Å². The fourth-order valence-corrected chi connectivity index (χ4v) is 1.13. The molecule has 0 aliphatic carbocycles. The van der Waals surface area contributed by atoms with Gasteiger partial charge in [-0.25, -0.2) is 5.48 Å². The third kappa shape index (κ3) is 3.29. The lowest BCUT2D eigenvalue weighted by atomic mass is 10.2. The summed E-state index contributed by atoms with van der Waals surface area (Å²) in [5.41, 5.74) is 2.24. The summed E-state index contributed by atoms with van der Waals surface area (Å²) >= 11 is 0. The van der Waals surface area contributed by atoms with E-state index in [1.807, 2.05) is 0 Å². The third-order valence-corrected chi connectivity index (χ3v) is 1.91. The highest BCUT2D eigenvalue weighted by molar-refractivity contribution is 5.90. The van der Waals surface area contributed by atoms with Crippen LogP contribution in [0.5, 0.6) is 11.5 Å². The van der Waals surface area contributed by atoms with Crippen molar-refractivity contribution in [1.29, 1.82) is 0 Å². The van der Waals surface area contributed by atoms with Crippen LogP contribution in [0.3, 0.4) is 0 Å². The zero-order valence-corrected chi connectivity index (χ0v) is 9.06. The SMILES string of the molecule is COc1cc(C=CC(=O)NO)cc(OC)c1. The molecule has 16 heavy (non-hydrogen) atoms. The van der Waals surface area contributed by atoms with Gasteiger partial charge >= 0.3 is 0 Å². The van der Waals surface area contributed by atoms with Gasteiger partial charge in [0, 0.05) is 12.1 Å². The molecule has 0 aliphatic heterocycles. The Hall–Kier alpha value is -2.01. The van der Waals surface area contributed by atoms with Gasteiger partial charge in [-0.1, -0.05) is 0 Å². The Kier molecular flexibility index (Phi) is 4.35. The minimum atomic E-state index is -0.596. The molecule has 0 unspecified atom stereocenters. The quantitative estimate of drug-likeness (QED) is 0.457. The maximum atomic E-state index is 10.8. The fraction of sp³-hybridized carbons (Fsp3) is 0.182. The molecular formula is C11H13NO4. The predicted octanol–water partition coefficient (Wildman–Crippen LogP) is 1.22. The van der Waals surface area contributed by atoms with Gasteiger partial charge in [-0.15, -0.1) is 0 Å². The first-order chi connectivity index (χ1) is 7.69. The molecule has 0 atom stereocenters. The number of benzene rings is 1. The van der Waals surface area contributed by atoms with Crippen molar-refractivity contribution in [3.8, 4) is 11.5 Å². The molecule has 0 aromatic heterocycles. The van der Waals surface area contributed by atoms with Gasteiger partial charge in [0.1, 0.15) is 11.5 Å². The number of carbonyl (C=O) groups excluding carboxylic acids is 1. The van der Waals surface area contributed by atoms with Gasteiger partial charge in [0.25, 0.3) is 5.91 Å². The molecule has 0 saturated heterocycles. The molecule has 2 N–H and O–H groups in total. The molecule has 1 aromatic rings. The number of hydroxylamine groups is 1. The summed E-state index contributed by atoms with van der Waals surface area (Å²) in [6.07, 6.45) is 2.74. The number of rotatable bonds is 4. The average Bonchev–Trinajstić information content (AvgIpc) is 2.35. The van der Waals surface area contributed by atoms with Crippen LogP contribution in [-0.4, -0.2) is 25.3 Å². The van der Waals surface area contributed by atoms with E-state index < -0.39 is 5.91 Å². The highest BCUT2D eigenvalue weighted by atomic mass is 16.5. The van der Waals surface area contributed by atoms with Gasteiger partial charge < -0.3 is 9.47 Å². The second-order valence-electron chi connectivity index (χ2n) is 2.96. The van der Waals surface area contributed by atoms with Crippen molar-refractivity contribution < 1.29 is 19.5 Å². The molecule has 0 aliphatic rings. The van der Waals surface area contributed by atoms with E-state index in [1.165, 1.54) is 17.6 Å². The van der Waals surface area contributed by atoms with Crippen LogP contribution >= 0.6 is 0 Å². The zero-order chi connectivity index (χ0) is 12.0. The molecule has 1 aromatic carbocycles.